The lowest BCUT2D eigenvalue weighted by Crippen LogP contribution is -2.26. The molecule has 156 valence electrons. The summed E-state index contributed by atoms with van der Waals surface area (Å²) in [6, 6.07) is 6.19. The number of hydrogen-bond donors (Lipinski definition) is 1. The van der Waals surface area contributed by atoms with E-state index >= 15 is 4.39 Å². The summed E-state index contributed by atoms with van der Waals surface area (Å²) in [7, 11) is 0. The summed E-state index contributed by atoms with van der Waals surface area (Å²) in [5.41, 5.74) is 0.854. The zero-order valence-corrected chi connectivity index (χ0v) is 16.4. The van der Waals surface area contributed by atoms with E-state index in [0.717, 1.165) is 38.4 Å². The summed E-state index contributed by atoms with van der Waals surface area (Å²) in [6.07, 6.45) is 4.00. The van der Waals surface area contributed by atoms with E-state index in [0.29, 0.717) is 25.6 Å². The van der Waals surface area contributed by atoms with Crippen LogP contribution in [0.3, 0.4) is 0 Å². The summed E-state index contributed by atoms with van der Waals surface area (Å²) in [5, 5.41) is 3.08. The van der Waals surface area contributed by atoms with Gasteiger partial charge < -0.3 is 15.0 Å². The van der Waals surface area contributed by atoms with E-state index < -0.39 is 11.7 Å². The second-order valence-electron chi connectivity index (χ2n) is 7.83. The molecule has 2 unspecified atom stereocenters. The quantitative estimate of drug-likeness (QED) is 0.765. The zero-order valence-electron chi connectivity index (χ0n) is 16.4. The molecule has 0 radical (unpaired) electrons. The normalized spacial score (nSPS) is 22.3. The van der Waals surface area contributed by atoms with Gasteiger partial charge in [-0.3, -0.25) is 0 Å². The maximum absolute atomic E-state index is 15.1. The Bertz CT molecular complexity index is 835. The van der Waals surface area contributed by atoms with Crippen molar-refractivity contribution in [3.63, 3.8) is 0 Å². The highest BCUT2D eigenvalue weighted by Crippen LogP contribution is 2.38. The van der Waals surface area contributed by atoms with Crippen molar-refractivity contribution in [1.29, 1.82) is 0 Å². The third kappa shape index (κ3) is 4.32. The number of ether oxygens (including phenoxy) is 1. The number of nitrogens with one attached hydrogen (secondary N) is 1. The lowest BCUT2D eigenvalue weighted by atomic mass is 10.0. The molecule has 8 heteroatoms. The monoisotopic (exact) mass is 406 g/mol. The summed E-state index contributed by atoms with van der Waals surface area (Å²) in [4.78, 5) is 10.2. The smallest absolute Gasteiger partial charge is 0.270 e. The number of anilines is 2. The Hall–Kier alpha value is -2.35. The van der Waals surface area contributed by atoms with E-state index in [-0.39, 0.29) is 23.2 Å². The van der Waals surface area contributed by atoms with Gasteiger partial charge in [-0.2, -0.15) is 4.39 Å². The van der Waals surface area contributed by atoms with E-state index in [1.54, 1.807) is 12.1 Å². The number of halogens is 3. The van der Waals surface area contributed by atoms with Crippen molar-refractivity contribution in [2.45, 2.75) is 38.2 Å². The topological polar surface area (TPSA) is 50.3 Å². The Morgan fingerprint density at radius 1 is 1.21 bits per heavy atom. The van der Waals surface area contributed by atoms with Crippen molar-refractivity contribution < 1.29 is 17.9 Å². The van der Waals surface area contributed by atoms with Gasteiger partial charge in [-0.15, -0.1) is 0 Å². The highest BCUT2D eigenvalue weighted by molar-refractivity contribution is 5.53. The third-order valence-corrected chi connectivity index (χ3v) is 5.68. The van der Waals surface area contributed by atoms with Crippen molar-refractivity contribution >= 4 is 11.6 Å². The molecule has 0 aliphatic carbocycles. The van der Waals surface area contributed by atoms with Crippen molar-refractivity contribution in [2.75, 3.05) is 36.5 Å². The average molecular weight is 406 g/mol. The van der Waals surface area contributed by atoms with Crippen LogP contribution in [0.25, 0.3) is 0 Å². The van der Waals surface area contributed by atoms with Crippen LogP contribution in [0.4, 0.5) is 24.8 Å². The van der Waals surface area contributed by atoms with Crippen LogP contribution in [0, 0.1) is 11.7 Å². The fourth-order valence-corrected chi connectivity index (χ4v) is 4.03. The minimum Gasteiger partial charge on any atom is -0.381 e. The molecule has 1 aromatic heterocycles. The molecular formula is C21H25F3N4O. The molecule has 0 bridgehead atoms. The Morgan fingerprint density at radius 3 is 2.69 bits per heavy atom. The van der Waals surface area contributed by atoms with Crippen LogP contribution < -0.4 is 10.2 Å². The molecule has 2 saturated heterocycles. The number of hydrogen-bond acceptors (Lipinski definition) is 5. The Morgan fingerprint density at radius 2 is 2.00 bits per heavy atom. The molecular weight excluding hydrogens is 381 g/mol. The number of nitrogens with zero attached hydrogens (tertiary/aromatic N) is 3. The lowest BCUT2D eigenvalue weighted by molar-refractivity contribution is 0.0174. The summed E-state index contributed by atoms with van der Waals surface area (Å²) in [6.45, 7) is 3.55. The first-order chi connectivity index (χ1) is 13.9. The highest BCUT2D eigenvalue weighted by atomic mass is 19.3. The van der Waals surface area contributed by atoms with Gasteiger partial charge in [0.1, 0.15) is 6.33 Å². The first-order valence-electron chi connectivity index (χ1n) is 10.0. The molecule has 2 aromatic rings. The number of rotatable bonds is 6. The van der Waals surface area contributed by atoms with E-state index in [1.807, 2.05) is 4.90 Å². The summed E-state index contributed by atoms with van der Waals surface area (Å²) in [5.74, 6) is -2.57. The second kappa shape index (κ2) is 8.18. The van der Waals surface area contributed by atoms with Crippen molar-refractivity contribution in [2.24, 2.45) is 5.92 Å². The fourth-order valence-electron chi connectivity index (χ4n) is 4.03. The second-order valence-corrected chi connectivity index (χ2v) is 7.83. The first-order valence-corrected chi connectivity index (χ1v) is 10.0. The molecule has 4 rings (SSSR count). The molecule has 3 heterocycles. The highest BCUT2D eigenvalue weighted by Gasteiger charge is 2.31. The van der Waals surface area contributed by atoms with Crippen molar-refractivity contribution in [3.8, 4) is 0 Å². The maximum Gasteiger partial charge on any atom is 0.270 e. The Kier molecular flexibility index (Phi) is 5.63. The van der Waals surface area contributed by atoms with Crippen LogP contribution in [0.1, 0.15) is 43.4 Å². The molecule has 0 spiro atoms. The molecule has 0 amide bonds. The van der Waals surface area contributed by atoms with E-state index in [4.69, 9.17) is 4.74 Å². The van der Waals surface area contributed by atoms with Gasteiger partial charge in [0.25, 0.3) is 5.92 Å². The van der Waals surface area contributed by atoms with E-state index in [2.05, 4.69) is 15.3 Å². The van der Waals surface area contributed by atoms with Crippen molar-refractivity contribution in [1.82, 2.24) is 9.97 Å². The van der Waals surface area contributed by atoms with Crippen LogP contribution in [0.2, 0.25) is 0 Å². The summed E-state index contributed by atoms with van der Waals surface area (Å²) >= 11 is 0. The van der Waals surface area contributed by atoms with Crippen LogP contribution >= 0.6 is 0 Å². The van der Waals surface area contributed by atoms with Gasteiger partial charge in [0.15, 0.2) is 11.6 Å². The van der Waals surface area contributed by atoms with Gasteiger partial charge in [0.2, 0.25) is 5.82 Å². The van der Waals surface area contributed by atoms with Gasteiger partial charge in [-0.25, -0.2) is 18.7 Å². The lowest BCUT2D eigenvalue weighted by Gasteiger charge is -2.27. The Labute approximate surface area is 168 Å². The van der Waals surface area contributed by atoms with Gasteiger partial charge >= 0.3 is 0 Å². The number of alkyl halides is 2. The van der Waals surface area contributed by atoms with Gasteiger partial charge in [0, 0.05) is 38.1 Å². The summed E-state index contributed by atoms with van der Waals surface area (Å²) < 4.78 is 47.5. The average Bonchev–Trinajstić information content (AvgIpc) is 3.39. The number of aromatic nitrogens is 2. The molecule has 2 aliphatic rings. The predicted molar refractivity (Wildman–Crippen MR) is 105 cm³/mol. The Balaban J connectivity index is 1.53. The maximum atomic E-state index is 15.1. The van der Waals surface area contributed by atoms with Crippen LogP contribution in [-0.2, 0) is 10.7 Å². The molecule has 1 N–H and O–H groups in total. The fraction of sp³-hybridized carbons (Fsp3) is 0.524. The van der Waals surface area contributed by atoms with Gasteiger partial charge in [0.05, 0.1) is 12.6 Å². The van der Waals surface area contributed by atoms with Gasteiger partial charge in [-0.1, -0.05) is 24.3 Å². The molecule has 29 heavy (non-hydrogen) atoms. The third-order valence-electron chi connectivity index (χ3n) is 5.68. The van der Waals surface area contributed by atoms with Crippen LogP contribution in [0.15, 0.2) is 30.6 Å². The zero-order chi connectivity index (χ0) is 20.4. The molecule has 2 atom stereocenters. The largest absolute Gasteiger partial charge is 0.381 e. The molecule has 2 fully saturated rings. The molecule has 0 saturated carbocycles. The first kappa shape index (κ1) is 19.9. The molecule has 1 aromatic carbocycles. The minimum absolute atomic E-state index is 0.0265. The van der Waals surface area contributed by atoms with E-state index in [9.17, 15) is 8.78 Å². The number of benzene rings is 1. The standard InChI is InChI=1S/C21H25F3N4O/c1-21(23,24)16-6-4-15(5-7-16)17-3-2-9-28(17)20-18(22)19(26-13-27-20)25-11-14-8-10-29-12-14/h4-7,13-14,17H,2-3,8-12H2,1H3,(H,25,26,27). The SMILES string of the molecule is CC(F)(F)c1ccc(C2CCCN2c2ncnc(NCC3CCOC3)c2F)cc1. The van der Waals surface area contributed by atoms with Crippen LogP contribution in [0.5, 0.6) is 0 Å². The van der Waals surface area contributed by atoms with Gasteiger partial charge in [-0.05, 0) is 24.8 Å². The molecule has 5 nitrogen and oxygen atoms in total. The predicted octanol–water partition coefficient (Wildman–Crippen LogP) is 4.52. The minimum atomic E-state index is -2.88. The van der Waals surface area contributed by atoms with E-state index in [1.165, 1.54) is 18.5 Å². The molecule has 2 aliphatic heterocycles. The van der Waals surface area contributed by atoms with Crippen molar-refractivity contribution in [3.05, 3.63) is 47.5 Å². The van der Waals surface area contributed by atoms with Crippen LogP contribution in [-0.4, -0.2) is 36.3 Å².